The van der Waals surface area contributed by atoms with E-state index in [1.165, 1.54) is 24.2 Å². The lowest BCUT2D eigenvalue weighted by atomic mass is 9.99. The van der Waals surface area contributed by atoms with Crippen LogP contribution >= 0.6 is 11.3 Å². The minimum Gasteiger partial charge on any atom is -0.315 e. The molecular weight excluding hydrogens is 222 g/mol. The summed E-state index contributed by atoms with van der Waals surface area (Å²) in [5.41, 5.74) is 1.00. The standard InChI is InChI=1S/C11H19N3OS/c1-8-5-9(3-4-14(8)2)12-6-10-7-16-11(15)13-10/h7-9,12H,3-6H2,1-2H3,(H,13,15). The van der Waals surface area contributed by atoms with Crippen LogP contribution in [0.15, 0.2) is 10.2 Å². The Balaban J connectivity index is 1.80. The molecule has 0 bridgehead atoms. The molecule has 2 unspecified atom stereocenters. The monoisotopic (exact) mass is 241 g/mol. The summed E-state index contributed by atoms with van der Waals surface area (Å²) in [7, 11) is 2.18. The van der Waals surface area contributed by atoms with Gasteiger partial charge in [0.15, 0.2) is 0 Å². The molecule has 2 atom stereocenters. The number of H-pyrrole nitrogens is 1. The first-order chi connectivity index (χ1) is 7.65. The van der Waals surface area contributed by atoms with Crippen molar-refractivity contribution in [1.29, 1.82) is 0 Å². The Bertz CT molecular complexity index is 387. The molecule has 0 aliphatic carbocycles. The molecule has 1 saturated heterocycles. The molecule has 0 aromatic carbocycles. The first kappa shape index (κ1) is 11.8. The van der Waals surface area contributed by atoms with Crippen LogP contribution in [0.2, 0.25) is 0 Å². The Hall–Kier alpha value is -0.650. The molecule has 2 heterocycles. The fourth-order valence-corrected chi connectivity index (χ4v) is 2.71. The van der Waals surface area contributed by atoms with Crippen LogP contribution in [0.4, 0.5) is 0 Å². The van der Waals surface area contributed by atoms with Gasteiger partial charge in [-0.15, -0.1) is 0 Å². The van der Waals surface area contributed by atoms with E-state index in [1.54, 1.807) is 0 Å². The van der Waals surface area contributed by atoms with Gasteiger partial charge in [0.25, 0.3) is 0 Å². The normalized spacial score (nSPS) is 27.1. The predicted octanol–water partition coefficient (Wildman–Crippen LogP) is 1.01. The smallest absolute Gasteiger partial charge is 0.304 e. The highest BCUT2D eigenvalue weighted by Crippen LogP contribution is 2.15. The third kappa shape index (κ3) is 2.93. The summed E-state index contributed by atoms with van der Waals surface area (Å²) < 4.78 is 0. The Morgan fingerprint density at radius 2 is 2.50 bits per heavy atom. The molecule has 2 N–H and O–H groups in total. The SMILES string of the molecule is CC1CC(NCc2csc(=O)[nH]2)CCN1C. The zero-order valence-electron chi connectivity index (χ0n) is 9.82. The van der Waals surface area contributed by atoms with Gasteiger partial charge in [-0.1, -0.05) is 11.3 Å². The Labute approximate surface area is 99.7 Å². The fraction of sp³-hybridized carbons (Fsp3) is 0.727. The average molecular weight is 241 g/mol. The maximum absolute atomic E-state index is 11.0. The summed E-state index contributed by atoms with van der Waals surface area (Å²) in [5, 5.41) is 5.41. The molecule has 5 heteroatoms. The number of hydrogen-bond donors (Lipinski definition) is 2. The van der Waals surface area contributed by atoms with Gasteiger partial charge in [0.1, 0.15) is 0 Å². The van der Waals surface area contributed by atoms with Crippen molar-refractivity contribution in [3.63, 3.8) is 0 Å². The van der Waals surface area contributed by atoms with E-state index in [9.17, 15) is 4.79 Å². The van der Waals surface area contributed by atoms with Gasteiger partial charge in [-0.05, 0) is 33.4 Å². The molecule has 0 spiro atoms. The summed E-state index contributed by atoms with van der Waals surface area (Å²) in [4.78, 5) is 16.2. The summed E-state index contributed by atoms with van der Waals surface area (Å²) in [6.07, 6.45) is 2.38. The molecule has 1 aromatic rings. The van der Waals surface area contributed by atoms with E-state index in [2.05, 4.69) is 29.2 Å². The fourth-order valence-electron chi connectivity index (χ4n) is 2.13. The van der Waals surface area contributed by atoms with Crippen LogP contribution in [-0.4, -0.2) is 35.6 Å². The van der Waals surface area contributed by atoms with Crippen molar-refractivity contribution in [2.75, 3.05) is 13.6 Å². The number of piperidine rings is 1. The van der Waals surface area contributed by atoms with Gasteiger partial charge in [-0.25, -0.2) is 0 Å². The van der Waals surface area contributed by atoms with Crippen LogP contribution in [0, 0.1) is 0 Å². The Morgan fingerprint density at radius 1 is 1.69 bits per heavy atom. The van der Waals surface area contributed by atoms with Crippen molar-refractivity contribution >= 4 is 11.3 Å². The van der Waals surface area contributed by atoms with Gasteiger partial charge < -0.3 is 15.2 Å². The number of nitrogens with zero attached hydrogens (tertiary/aromatic N) is 1. The number of hydrogen-bond acceptors (Lipinski definition) is 4. The maximum atomic E-state index is 11.0. The van der Waals surface area contributed by atoms with Crippen LogP contribution in [0.1, 0.15) is 25.5 Å². The third-order valence-electron chi connectivity index (χ3n) is 3.36. The van der Waals surface area contributed by atoms with E-state index in [0.29, 0.717) is 12.1 Å². The van der Waals surface area contributed by atoms with Gasteiger partial charge >= 0.3 is 4.87 Å². The average Bonchev–Trinajstić information content (AvgIpc) is 2.66. The number of likely N-dealkylation sites (tertiary alicyclic amines) is 1. The van der Waals surface area contributed by atoms with Crippen LogP contribution in [0.25, 0.3) is 0 Å². The largest absolute Gasteiger partial charge is 0.315 e. The zero-order chi connectivity index (χ0) is 11.5. The molecule has 1 fully saturated rings. The van der Waals surface area contributed by atoms with Gasteiger partial charge in [-0.3, -0.25) is 4.79 Å². The van der Waals surface area contributed by atoms with Crippen LogP contribution in [0.3, 0.4) is 0 Å². The summed E-state index contributed by atoms with van der Waals surface area (Å²) in [5.74, 6) is 0. The second-order valence-electron chi connectivity index (χ2n) is 4.61. The van der Waals surface area contributed by atoms with Gasteiger partial charge in [0.05, 0.1) is 0 Å². The van der Waals surface area contributed by atoms with Gasteiger partial charge in [0, 0.05) is 29.7 Å². The van der Waals surface area contributed by atoms with Crippen molar-refractivity contribution in [3.05, 3.63) is 20.7 Å². The molecular formula is C11H19N3OS. The maximum Gasteiger partial charge on any atom is 0.304 e. The lowest BCUT2D eigenvalue weighted by Crippen LogP contribution is -2.45. The highest BCUT2D eigenvalue weighted by atomic mass is 32.1. The first-order valence-corrected chi connectivity index (χ1v) is 6.63. The number of thiazole rings is 1. The highest BCUT2D eigenvalue weighted by Gasteiger charge is 2.22. The van der Waals surface area contributed by atoms with E-state index < -0.39 is 0 Å². The Morgan fingerprint density at radius 3 is 3.12 bits per heavy atom. The van der Waals surface area contributed by atoms with Crippen molar-refractivity contribution in [2.45, 2.75) is 38.4 Å². The predicted molar refractivity (Wildman–Crippen MR) is 66.9 cm³/mol. The highest BCUT2D eigenvalue weighted by molar-refractivity contribution is 7.07. The molecule has 16 heavy (non-hydrogen) atoms. The molecule has 90 valence electrons. The minimum absolute atomic E-state index is 0.0357. The van der Waals surface area contributed by atoms with Crippen molar-refractivity contribution in [3.8, 4) is 0 Å². The third-order valence-corrected chi connectivity index (χ3v) is 4.08. The summed E-state index contributed by atoms with van der Waals surface area (Å²) in [6, 6.07) is 1.22. The van der Waals surface area contributed by atoms with Crippen LogP contribution in [-0.2, 0) is 6.54 Å². The molecule has 0 amide bonds. The molecule has 1 aliphatic rings. The topological polar surface area (TPSA) is 48.1 Å². The van der Waals surface area contributed by atoms with E-state index in [1.807, 2.05) is 5.38 Å². The molecule has 1 aromatic heterocycles. The van der Waals surface area contributed by atoms with E-state index in [0.717, 1.165) is 18.8 Å². The quantitative estimate of drug-likeness (QED) is 0.830. The van der Waals surface area contributed by atoms with Crippen LogP contribution in [0.5, 0.6) is 0 Å². The van der Waals surface area contributed by atoms with E-state index in [-0.39, 0.29) is 4.87 Å². The van der Waals surface area contributed by atoms with E-state index >= 15 is 0 Å². The number of aromatic nitrogens is 1. The molecule has 1 aliphatic heterocycles. The number of nitrogens with one attached hydrogen (secondary N) is 2. The lowest BCUT2D eigenvalue weighted by molar-refractivity contribution is 0.168. The zero-order valence-corrected chi connectivity index (χ0v) is 10.6. The molecule has 2 rings (SSSR count). The van der Waals surface area contributed by atoms with Crippen molar-refractivity contribution in [1.82, 2.24) is 15.2 Å². The molecule has 0 saturated carbocycles. The van der Waals surface area contributed by atoms with Crippen molar-refractivity contribution in [2.24, 2.45) is 0 Å². The first-order valence-electron chi connectivity index (χ1n) is 5.75. The second-order valence-corrected chi connectivity index (χ2v) is 5.45. The van der Waals surface area contributed by atoms with Gasteiger partial charge in [0.2, 0.25) is 0 Å². The molecule has 4 nitrogen and oxygen atoms in total. The lowest BCUT2D eigenvalue weighted by Gasteiger charge is -2.35. The second kappa shape index (κ2) is 5.12. The van der Waals surface area contributed by atoms with Crippen LogP contribution < -0.4 is 10.2 Å². The number of aromatic amines is 1. The van der Waals surface area contributed by atoms with Gasteiger partial charge in [-0.2, -0.15) is 0 Å². The van der Waals surface area contributed by atoms with E-state index in [4.69, 9.17) is 0 Å². The number of rotatable bonds is 3. The summed E-state index contributed by atoms with van der Waals surface area (Å²) in [6.45, 7) is 4.19. The molecule has 0 radical (unpaired) electrons. The minimum atomic E-state index is 0.0357. The summed E-state index contributed by atoms with van der Waals surface area (Å²) >= 11 is 1.23. The van der Waals surface area contributed by atoms with Crippen molar-refractivity contribution < 1.29 is 0 Å². The Kier molecular flexibility index (Phi) is 3.78.